The van der Waals surface area contributed by atoms with Gasteiger partial charge in [0.05, 0.1) is 6.04 Å². The molecule has 0 aliphatic carbocycles. The molecule has 1 heterocycles. The minimum atomic E-state index is -0.182. The first-order valence-corrected chi connectivity index (χ1v) is 10.5. The highest BCUT2D eigenvalue weighted by Crippen LogP contribution is 2.37. The zero-order chi connectivity index (χ0) is 20.2. The number of hydrogen-bond donors (Lipinski definition) is 2. The predicted octanol–water partition coefficient (Wildman–Crippen LogP) is 4.87. The Morgan fingerprint density at radius 3 is 2.48 bits per heavy atom. The van der Waals surface area contributed by atoms with Crippen LogP contribution < -0.4 is 10.6 Å². The second kappa shape index (κ2) is 8.76. The fourth-order valence-electron chi connectivity index (χ4n) is 3.54. The Balaban J connectivity index is 1.71. The van der Waals surface area contributed by atoms with Crippen LogP contribution in [0.1, 0.15) is 22.7 Å². The van der Waals surface area contributed by atoms with Crippen LogP contribution >= 0.6 is 28.1 Å². The normalized spacial score (nSPS) is 15.8. The van der Waals surface area contributed by atoms with Crippen LogP contribution in [0.3, 0.4) is 0 Å². The Labute approximate surface area is 184 Å². The van der Waals surface area contributed by atoms with Crippen molar-refractivity contribution in [1.29, 1.82) is 0 Å². The van der Waals surface area contributed by atoms with Crippen molar-refractivity contribution in [2.45, 2.75) is 12.6 Å². The smallest absolute Gasteiger partial charge is 0.244 e. The molecule has 4 rings (SSSR count). The minimum Gasteiger partial charge on any atom is -0.358 e. The summed E-state index contributed by atoms with van der Waals surface area (Å²) in [5.74, 6) is -0.0872. The molecular formula is C23H20BrN3OS. The van der Waals surface area contributed by atoms with Crippen LogP contribution in [-0.2, 0) is 11.3 Å². The van der Waals surface area contributed by atoms with E-state index in [4.69, 9.17) is 12.2 Å². The lowest BCUT2D eigenvalue weighted by atomic mass is 9.96. The summed E-state index contributed by atoms with van der Waals surface area (Å²) in [5.41, 5.74) is 4.02. The van der Waals surface area contributed by atoms with E-state index >= 15 is 0 Å². The monoisotopic (exact) mass is 465 g/mol. The van der Waals surface area contributed by atoms with Gasteiger partial charge in [-0.15, -0.1) is 0 Å². The number of amides is 1. The van der Waals surface area contributed by atoms with Gasteiger partial charge in [0, 0.05) is 22.3 Å². The maximum atomic E-state index is 12.6. The van der Waals surface area contributed by atoms with Crippen molar-refractivity contribution in [3.05, 3.63) is 100 Å². The van der Waals surface area contributed by atoms with E-state index in [9.17, 15) is 4.79 Å². The molecule has 3 aromatic rings. The van der Waals surface area contributed by atoms with Crippen LogP contribution in [-0.4, -0.2) is 22.5 Å². The molecule has 0 unspecified atom stereocenters. The number of nitrogens with one attached hydrogen (secondary N) is 2. The fourth-order valence-corrected chi connectivity index (χ4v) is 4.16. The van der Waals surface area contributed by atoms with Gasteiger partial charge in [-0.2, -0.15) is 0 Å². The zero-order valence-corrected chi connectivity index (χ0v) is 18.0. The second-order valence-corrected chi connectivity index (χ2v) is 8.17. The molecule has 2 N–H and O–H groups in total. The summed E-state index contributed by atoms with van der Waals surface area (Å²) < 4.78 is 0.955. The number of halogens is 1. The van der Waals surface area contributed by atoms with E-state index in [0.29, 0.717) is 11.7 Å². The number of carbonyl (C=O) groups is 1. The molecule has 1 atom stereocenters. The molecular weight excluding hydrogens is 446 g/mol. The van der Waals surface area contributed by atoms with Gasteiger partial charge in [-0.1, -0.05) is 76.6 Å². The third-order valence-corrected chi connectivity index (χ3v) is 5.74. The average molecular weight is 466 g/mol. The summed E-state index contributed by atoms with van der Waals surface area (Å²) in [6, 6.07) is 25.9. The molecule has 0 saturated carbocycles. The Morgan fingerprint density at radius 1 is 1.07 bits per heavy atom. The largest absolute Gasteiger partial charge is 0.358 e. The highest BCUT2D eigenvalue weighted by molar-refractivity contribution is 9.10. The molecule has 29 heavy (non-hydrogen) atoms. The van der Waals surface area contributed by atoms with E-state index in [0.717, 1.165) is 26.9 Å². The first-order chi connectivity index (χ1) is 14.1. The summed E-state index contributed by atoms with van der Waals surface area (Å²) in [4.78, 5) is 14.6. The Morgan fingerprint density at radius 2 is 1.76 bits per heavy atom. The summed E-state index contributed by atoms with van der Waals surface area (Å²) in [5, 5.41) is 6.89. The minimum absolute atomic E-state index is 0.0872. The number of benzene rings is 3. The summed E-state index contributed by atoms with van der Waals surface area (Å²) in [7, 11) is 0. The van der Waals surface area contributed by atoms with Gasteiger partial charge in [0.25, 0.3) is 0 Å². The SMILES string of the molecule is O=C1CN(C(=S)NCc2ccccc2)[C@H](c2ccccc2)c2cc(Br)ccc2N1. The molecule has 0 bridgehead atoms. The quantitative estimate of drug-likeness (QED) is 0.541. The molecule has 0 fully saturated rings. The highest BCUT2D eigenvalue weighted by atomic mass is 79.9. The lowest BCUT2D eigenvalue weighted by Crippen LogP contribution is -2.44. The molecule has 1 aliphatic rings. The van der Waals surface area contributed by atoms with E-state index in [-0.39, 0.29) is 18.5 Å². The van der Waals surface area contributed by atoms with Crippen molar-refractivity contribution in [3.63, 3.8) is 0 Å². The summed E-state index contributed by atoms with van der Waals surface area (Å²) >= 11 is 9.32. The number of nitrogens with zero attached hydrogens (tertiary/aromatic N) is 1. The van der Waals surface area contributed by atoms with Crippen LogP contribution in [0.2, 0.25) is 0 Å². The van der Waals surface area contributed by atoms with Crippen molar-refractivity contribution in [1.82, 2.24) is 10.2 Å². The standard InChI is InChI=1S/C23H20BrN3OS/c24-18-11-12-20-19(13-18)22(17-9-5-2-6-10-17)27(15-21(28)26-20)23(29)25-14-16-7-3-1-4-8-16/h1-13,22H,14-15H2,(H,25,29)(H,26,28)/t22-/m1/s1. The van der Waals surface area contributed by atoms with Gasteiger partial charge in [-0.3, -0.25) is 4.79 Å². The van der Waals surface area contributed by atoms with Crippen molar-refractivity contribution in [2.24, 2.45) is 0 Å². The van der Waals surface area contributed by atoms with Crippen LogP contribution in [0, 0.1) is 0 Å². The lowest BCUT2D eigenvalue weighted by molar-refractivity contribution is -0.116. The molecule has 6 heteroatoms. The van der Waals surface area contributed by atoms with E-state index < -0.39 is 0 Å². The van der Waals surface area contributed by atoms with Crippen LogP contribution in [0.25, 0.3) is 0 Å². The van der Waals surface area contributed by atoms with Gasteiger partial charge >= 0.3 is 0 Å². The van der Waals surface area contributed by atoms with Crippen molar-refractivity contribution in [2.75, 3.05) is 11.9 Å². The third kappa shape index (κ3) is 4.49. The van der Waals surface area contributed by atoms with Gasteiger partial charge in [-0.25, -0.2) is 0 Å². The van der Waals surface area contributed by atoms with Gasteiger partial charge < -0.3 is 15.5 Å². The number of rotatable bonds is 3. The summed E-state index contributed by atoms with van der Waals surface area (Å²) in [6.45, 7) is 0.775. The molecule has 1 amide bonds. The van der Waals surface area contributed by atoms with E-state index in [2.05, 4.69) is 38.7 Å². The summed E-state index contributed by atoms with van der Waals surface area (Å²) in [6.07, 6.45) is 0. The van der Waals surface area contributed by atoms with E-state index in [1.165, 1.54) is 0 Å². The average Bonchev–Trinajstić information content (AvgIpc) is 2.89. The van der Waals surface area contributed by atoms with Gasteiger partial charge in [0.15, 0.2) is 5.11 Å². The number of carbonyl (C=O) groups excluding carboxylic acids is 1. The van der Waals surface area contributed by atoms with Crippen LogP contribution in [0.5, 0.6) is 0 Å². The third-order valence-electron chi connectivity index (χ3n) is 4.87. The second-order valence-electron chi connectivity index (χ2n) is 6.87. The van der Waals surface area contributed by atoms with Crippen molar-refractivity contribution < 1.29 is 4.79 Å². The Hall–Kier alpha value is -2.70. The first kappa shape index (κ1) is 19.6. The molecule has 1 aliphatic heterocycles. The number of anilines is 1. The lowest BCUT2D eigenvalue weighted by Gasteiger charge is -2.33. The molecule has 0 aromatic heterocycles. The predicted molar refractivity (Wildman–Crippen MR) is 124 cm³/mol. The number of fused-ring (bicyclic) bond motifs is 1. The molecule has 4 nitrogen and oxygen atoms in total. The van der Waals surface area contributed by atoms with E-state index in [1.54, 1.807) is 0 Å². The first-order valence-electron chi connectivity index (χ1n) is 9.34. The van der Waals surface area contributed by atoms with Crippen molar-refractivity contribution >= 4 is 44.9 Å². The molecule has 0 saturated heterocycles. The Kier molecular flexibility index (Phi) is 5.92. The topological polar surface area (TPSA) is 44.4 Å². The number of hydrogen-bond acceptors (Lipinski definition) is 2. The maximum Gasteiger partial charge on any atom is 0.244 e. The molecule has 0 spiro atoms. The van der Waals surface area contributed by atoms with Gasteiger partial charge in [0.2, 0.25) is 5.91 Å². The van der Waals surface area contributed by atoms with Gasteiger partial charge in [-0.05, 0) is 41.5 Å². The highest BCUT2D eigenvalue weighted by Gasteiger charge is 2.31. The fraction of sp³-hybridized carbons (Fsp3) is 0.130. The van der Waals surface area contributed by atoms with Crippen LogP contribution in [0.4, 0.5) is 5.69 Å². The molecule has 3 aromatic carbocycles. The number of thiocarbonyl (C=S) groups is 1. The zero-order valence-electron chi connectivity index (χ0n) is 15.6. The van der Waals surface area contributed by atoms with Crippen LogP contribution in [0.15, 0.2) is 83.3 Å². The van der Waals surface area contributed by atoms with E-state index in [1.807, 2.05) is 71.6 Å². The van der Waals surface area contributed by atoms with Gasteiger partial charge in [0.1, 0.15) is 6.54 Å². The maximum absolute atomic E-state index is 12.6. The Bertz CT molecular complexity index is 1030. The molecule has 146 valence electrons. The molecule has 0 radical (unpaired) electrons. The van der Waals surface area contributed by atoms with Crippen molar-refractivity contribution in [3.8, 4) is 0 Å².